The van der Waals surface area contributed by atoms with Crippen LogP contribution >= 0.6 is 0 Å². The summed E-state index contributed by atoms with van der Waals surface area (Å²) in [6.45, 7) is 3.90. The number of amides is 1. The van der Waals surface area contributed by atoms with Crippen LogP contribution in [0.5, 0.6) is 5.75 Å². The zero-order valence-electron chi connectivity index (χ0n) is 11.8. The molecule has 0 unspecified atom stereocenters. The summed E-state index contributed by atoms with van der Waals surface area (Å²) in [5.41, 5.74) is 1.98. The van der Waals surface area contributed by atoms with Crippen LogP contribution in [0, 0.1) is 0 Å². The monoisotopic (exact) mass is 276 g/mol. The number of hydrogen-bond acceptors (Lipinski definition) is 4. The molecule has 20 heavy (non-hydrogen) atoms. The Labute approximate surface area is 119 Å². The largest absolute Gasteiger partial charge is 0.491 e. The SMILES string of the molecule is CN1C(=O)CCOc2ccc(N3CCCOCC3)cc21. The van der Waals surface area contributed by atoms with Crippen LogP contribution in [0.1, 0.15) is 12.8 Å². The Morgan fingerprint density at radius 1 is 1.15 bits per heavy atom. The van der Waals surface area contributed by atoms with Gasteiger partial charge in [0.25, 0.3) is 0 Å². The van der Waals surface area contributed by atoms with Crippen LogP contribution < -0.4 is 14.5 Å². The first kappa shape index (κ1) is 13.2. The van der Waals surface area contributed by atoms with Crippen molar-refractivity contribution < 1.29 is 14.3 Å². The van der Waals surface area contributed by atoms with Crippen LogP contribution in [0.15, 0.2) is 18.2 Å². The number of anilines is 2. The molecule has 108 valence electrons. The van der Waals surface area contributed by atoms with Crippen molar-refractivity contribution in [3.8, 4) is 5.75 Å². The van der Waals surface area contributed by atoms with Crippen molar-refractivity contribution >= 4 is 17.3 Å². The number of carbonyl (C=O) groups excluding carboxylic acids is 1. The van der Waals surface area contributed by atoms with E-state index in [0.717, 1.165) is 49.8 Å². The van der Waals surface area contributed by atoms with E-state index in [0.29, 0.717) is 13.0 Å². The van der Waals surface area contributed by atoms with E-state index in [-0.39, 0.29) is 5.91 Å². The van der Waals surface area contributed by atoms with Crippen molar-refractivity contribution in [3.05, 3.63) is 18.2 Å². The van der Waals surface area contributed by atoms with Crippen molar-refractivity contribution in [2.75, 3.05) is 49.8 Å². The Morgan fingerprint density at radius 3 is 2.95 bits per heavy atom. The first-order chi connectivity index (χ1) is 9.75. The second-order valence-corrected chi connectivity index (χ2v) is 5.16. The van der Waals surface area contributed by atoms with Gasteiger partial charge in [-0.05, 0) is 24.6 Å². The van der Waals surface area contributed by atoms with Gasteiger partial charge in [0.2, 0.25) is 5.91 Å². The van der Waals surface area contributed by atoms with Crippen LogP contribution in [-0.4, -0.2) is 45.9 Å². The highest BCUT2D eigenvalue weighted by Crippen LogP contribution is 2.34. The molecule has 3 rings (SSSR count). The van der Waals surface area contributed by atoms with Gasteiger partial charge in [-0.2, -0.15) is 0 Å². The molecule has 0 bridgehead atoms. The molecule has 1 aromatic carbocycles. The van der Waals surface area contributed by atoms with Gasteiger partial charge in [-0.25, -0.2) is 0 Å². The van der Waals surface area contributed by atoms with Gasteiger partial charge < -0.3 is 19.3 Å². The van der Waals surface area contributed by atoms with E-state index < -0.39 is 0 Å². The molecule has 1 saturated heterocycles. The molecule has 0 radical (unpaired) electrons. The van der Waals surface area contributed by atoms with Crippen LogP contribution in [0.4, 0.5) is 11.4 Å². The molecule has 1 fully saturated rings. The third kappa shape index (κ3) is 2.58. The highest BCUT2D eigenvalue weighted by molar-refractivity contribution is 5.95. The predicted molar refractivity (Wildman–Crippen MR) is 77.6 cm³/mol. The van der Waals surface area contributed by atoms with Gasteiger partial charge in [-0.1, -0.05) is 0 Å². The number of fused-ring (bicyclic) bond motifs is 1. The van der Waals surface area contributed by atoms with E-state index in [1.165, 1.54) is 0 Å². The molecule has 0 atom stereocenters. The van der Waals surface area contributed by atoms with E-state index in [1.54, 1.807) is 4.90 Å². The number of nitrogens with zero attached hydrogens (tertiary/aromatic N) is 2. The molecule has 2 aliphatic rings. The predicted octanol–water partition coefficient (Wildman–Crippen LogP) is 1.66. The van der Waals surface area contributed by atoms with E-state index in [4.69, 9.17) is 9.47 Å². The third-order valence-electron chi connectivity index (χ3n) is 3.84. The first-order valence-corrected chi connectivity index (χ1v) is 7.12. The highest BCUT2D eigenvalue weighted by atomic mass is 16.5. The molecular weight excluding hydrogens is 256 g/mol. The minimum atomic E-state index is 0.0973. The molecule has 1 aromatic rings. The van der Waals surface area contributed by atoms with Crippen LogP contribution in [0.2, 0.25) is 0 Å². The lowest BCUT2D eigenvalue weighted by molar-refractivity contribution is -0.118. The van der Waals surface area contributed by atoms with Crippen molar-refractivity contribution in [1.82, 2.24) is 0 Å². The summed E-state index contributed by atoms with van der Waals surface area (Å²) in [6.07, 6.45) is 1.46. The summed E-state index contributed by atoms with van der Waals surface area (Å²) in [4.78, 5) is 15.9. The summed E-state index contributed by atoms with van der Waals surface area (Å²) in [5, 5.41) is 0. The fourth-order valence-corrected chi connectivity index (χ4v) is 2.64. The van der Waals surface area contributed by atoms with Crippen molar-refractivity contribution in [2.24, 2.45) is 0 Å². The average molecular weight is 276 g/mol. The van der Waals surface area contributed by atoms with Gasteiger partial charge >= 0.3 is 0 Å². The van der Waals surface area contributed by atoms with E-state index in [1.807, 2.05) is 19.2 Å². The molecule has 0 aromatic heterocycles. The number of carbonyl (C=O) groups is 1. The first-order valence-electron chi connectivity index (χ1n) is 7.12. The minimum absolute atomic E-state index is 0.0973. The van der Waals surface area contributed by atoms with Gasteiger partial charge in [0.1, 0.15) is 5.75 Å². The smallest absolute Gasteiger partial charge is 0.230 e. The second kappa shape index (κ2) is 5.71. The van der Waals surface area contributed by atoms with Crippen molar-refractivity contribution in [3.63, 3.8) is 0 Å². The molecule has 5 heteroatoms. The number of hydrogen-bond donors (Lipinski definition) is 0. The molecule has 5 nitrogen and oxygen atoms in total. The van der Waals surface area contributed by atoms with E-state index in [2.05, 4.69) is 11.0 Å². The standard InChI is InChI=1S/C15H20N2O3/c1-16-13-11-12(17-6-2-8-19-10-7-17)3-4-14(13)20-9-5-15(16)18/h3-4,11H,2,5-10H2,1H3. The van der Waals surface area contributed by atoms with E-state index in [9.17, 15) is 4.79 Å². The molecule has 0 saturated carbocycles. The lowest BCUT2D eigenvalue weighted by Gasteiger charge is -2.24. The molecule has 2 heterocycles. The lowest BCUT2D eigenvalue weighted by atomic mass is 10.2. The molecule has 1 amide bonds. The maximum absolute atomic E-state index is 11.9. The fraction of sp³-hybridized carbons (Fsp3) is 0.533. The normalized spacial score (nSPS) is 19.9. The molecule has 0 N–H and O–H groups in total. The maximum atomic E-state index is 11.9. The minimum Gasteiger partial charge on any atom is -0.491 e. The topological polar surface area (TPSA) is 42.0 Å². The van der Waals surface area contributed by atoms with Crippen LogP contribution in [-0.2, 0) is 9.53 Å². The fourth-order valence-electron chi connectivity index (χ4n) is 2.64. The van der Waals surface area contributed by atoms with Gasteiger partial charge in [-0.15, -0.1) is 0 Å². The summed E-state index contributed by atoms with van der Waals surface area (Å²) < 4.78 is 11.1. The van der Waals surface area contributed by atoms with Crippen LogP contribution in [0.3, 0.4) is 0 Å². The van der Waals surface area contributed by atoms with Gasteiger partial charge in [-0.3, -0.25) is 4.79 Å². The Balaban J connectivity index is 1.90. The molecular formula is C15H20N2O3. The van der Waals surface area contributed by atoms with Crippen molar-refractivity contribution in [2.45, 2.75) is 12.8 Å². The van der Waals surface area contributed by atoms with Crippen LogP contribution in [0.25, 0.3) is 0 Å². The average Bonchev–Trinajstić information content (AvgIpc) is 2.81. The van der Waals surface area contributed by atoms with E-state index >= 15 is 0 Å². The van der Waals surface area contributed by atoms with Gasteiger partial charge in [0.15, 0.2) is 0 Å². The molecule has 2 aliphatic heterocycles. The second-order valence-electron chi connectivity index (χ2n) is 5.16. The Kier molecular flexibility index (Phi) is 3.78. The van der Waals surface area contributed by atoms with Gasteiger partial charge in [0, 0.05) is 32.4 Å². The van der Waals surface area contributed by atoms with Crippen molar-refractivity contribution in [1.29, 1.82) is 0 Å². The number of ether oxygens (including phenoxy) is 2. The number of rotatable bonds is 1. The Morgan fingerprint density at radius 2 is 2.05 bits per heavy atom. The summed E-state index contributed by atoms with van der Waals surface area (Å²) in [7, 11) is 1.81. The highest BCUT2D eigenvalue weighted by Gasteiger charge is 2.21. The Hall–Kier alpha value is -1.75. The lowest BCUT2D eigenvalue weighted by Crippen LogP contribution is -2.27. The number of benzene rings is 1. The van der Waals surface area contributed by atoms with Gasteiger partial charge in [0.05, 0.1) is 25.3 Å². The zero-order chi connectivity index (χ0) is 13.9. The Bertz CT molecular complexity index is 496. The summed E-state index contributed by atoms with van der Waals surface area (Å²) in [6, 6.07) is 6.07. The molecule has 0 spiro atoms. The third-order valence-corrected chi connectivity index (χ3v) is 3.84. The zero-order valence-corrected chi connectivity index (χ0v) is 11.8. The quantitative estimate of drug-likeness (QED) is 0.782. The summed E-state index contributed by atoms with van der Waals surface area (Å²) in [5.74, 6) is 0.883. The maximum Gasteiger partial charge on any atom is 0.230 e. The summed E-state index contributed by atoms with van der Waals surface area (Å²) >= 11 is 0. The molecule has 0 aliphatic carbocycles.